The van der Waals surface area contributed by atoms with E-state index in [0.29, 0.717) is 5.56 Å². The maximum Gasteiger partial charge on any atom is 0.417 e. The fourth-order valence-electron chi connectivity index (χ4n) is 5.31. The van der Waals surface area contributed by atoms with Gasteiger partial charge in [-0.15, -0.1) is 0 Å². The van der Waals surface area contributed by atoms with Crippen LogP contribution in [0.25, 0.3) is 0 Å². The Morgan fingerprint density at radius 2 is 1.81 bits per heavy atom. The Hall–Kier alpha value is -1.04. The molecular weight excluding hydrogens is 608 g/mol. The Balaban J connectivity index is 1.84. The number of nitrogens with zero attached hydrogens (tertiary/aromatic N) is 2. The summed E-state index contributed by atoms with van der Waals surface area (Å²) in [7, 11) is -2.12. The maximum absolute atomic E-state index is 13.1. The first-order valence-corrected chi connectivity index (χ1v) is 17.1. The minimum absolute atomic E-state index is 0.0249. The summed E-state index contributed by atoms with van der Waals surface area (Å²) in [6.45, 7) is 15.3. The molecule has 4 rings (SSSR count). The van der Waals surface area contributed by atoms with Gasteiger partial charge in [-0.25, -0.2) is 0 Å². The van der Waals surface area contributed by atoms with Gasteiger partial charge in [0.15, 0.2) is 8.32 Å². The SMILES string of the molecule is CC(C)c1nc2c(c(I)c1[C@@H](O)c1ccc(C(F)(F)F)cn1)C(O[Si](C)(C)C(C)(C)C)CC1(CCC1)C2. The lowest BCUT2D eigenvalue weighted by Crippen LogP contribution is -2.46. The molecule has 0 bridgehead atoms. The second kappa shape index (κ2) is 9.85. The number of rotatable bonds is 5. The van der Waals surface area contributed by atoms with Crippen molar-refractivity contribution in [1.29, 1.82) is 0 Å². The van der Waals surface area contributed by atoms with Crippen molar-refractivity contribution in [2.24, 2.45) is 5.41 Å². The Morgan fingerprint density at radius 3 is 2.27 bits per heavy atom. The largest absolute Gasteiger partial charge is 0.417 e. The highest BCUT2D eigenvalue weighted by Crippen LogP contribution is 2.57. The molecule has 2 aromatic rings. The van der Waals surface area contributed by atoms with Gasteiger partial charge in [0.2, 0.25) is 0 Å². The predicted octanol–water partition coefficient (Wildman–Crippen LogP) is 8.48. The first-order valence-electron chi connectivity index (χ1n) is 13.1. The number of halogens is 4. The van der Waals surface area contributed by atoms with Crippen molar-refractivity contribution in [1.82, 2.24) is 9.97 Å². The highest BCUT2D eigenvalue weighted by atomic mass is 127. The van der Waals surface area contributed by atoms with Gasteiger partial charge in [0.05, 0.1) is 23.1 Å². The lowest BCUT2D eigenvalue weighted by atomic mass is 9.59. The fraction of sp³-hybridized carbons (Fsp3) is 0.643. The van der Waals surface area contributed by atoms with E-state index in [0.717, 1.165) is 45.6 Å². The van der Waals surface area contributed by atoms with E-state index < -0.39 is 26.2 Å². The van der Waals surface area contributed by atoms with Crippen molar-refractivity contribution in [2.75, 3.05) is 0 Å². The van der Waals surface area contributed by atoms with E-state index >= 15 is 0 Å². The van der Waals surface area contributed by atoms with Crippen LogP contribution >= 0.6 is 22.6 Å². The third-order valence-corrected chi connectivity index (χ3v) is 14.3. The third-order valence-electron chi connectivity index (χ3n) is 8.67. The average molecular weight is 647 g/mol. The summed E-state index contributed by atoms with van der Waals surface area (Å²) in [6.07, 6.45) is 0.451. The standard InChI is InChI=1S/C28H38F3IN2O2Si/c1-16(2)24-22(25(35)18-10-9-17(15-33-18)28(29,30)31)23(32)21-19(34-24)13-27(11-8-12-27)14-20(21)36-37(6,7)26(3,4)5/h9-10,15-16,20,25,35H,8,11-14H2,1-7H3/t20?,25-/m0/s1. The zero-order chi connectivity index (χ0) is 27.6. The van der Waals surface area contributed by atoms with Crippen molar-refractivity contribution in [3.05, 3.63) is 55.7 Å². The normalized spacial score (nSPS) is 20.6. The molecule has 0 amide bonds. The summed E-state index contributed by atoms with van der Waals surface area (Å²) in [4.78, 5) is 9.17. The van der Waals surface area contributed by atoms with E-state index in [9.17, 15) is 18.3 Å². The minimum atomic E-state index is -4.48. The molecule has 1 spiro atoms. The van der Waals surface area contributed by atoms with Gasteiger partial charge in [0.1, 0.15) is 6.10 Å². The zero-order valence-electron chi connectivity index (χ0n) is 22.8. The zero-order valence-corrected chi connectivity index (χ0v) is 25.9. The fourth-order valence-corrected chi connectivity index (χ4v) is 7.80. The molecule has 9 heteroatoms. The lowest BCUT2D eigenvalue weighted by molar-refractivity contribution is -0.137. The summed E-state index contributed by atoms with van der Waals surface area (Å²) in [5.41, 5.74) is 3.09. The van der Waals surface area contributed by atoms with E-state index in [4.69, 9.17) is 9.41 Å². The first kappa shape index (κ1) is 29.0. The number of aliphatic hydroxyl groups is 1. The van der Waals surface area contributed by atoms with Gasteiger partial charge in [0, 0.05) is 26.6 Å². The van der Waals surface area contributed by atoms with Crippen LogP contribution in [0.5, 0.6) is 0 Å². The van der Waals surface area contributed by atoms with Crippen LogP contribution in [0.4, 0.5) is 13.2 Å². The smallest absolute Gasteiger partial charge is 0.410 e. The van der Waals surface area contributed by atoms with Crippen LogP contribution in [-0.4, -0.2) is 23.4 Å². The predicted molar refractivity (Wildman–Crippen MR) is 150 cm³/mol. The van der Waals surface area contributed by atoms with Crippen molar-refractivity contribution >= 4 is 30.9 Å². The summed E-state index contributed by atoms with van der Waals surface area (Å²) in [5, 5.41) is 11.5. The summed E-state index contributed by atoms with van der Waals surface area (Å²) < 4.78 is 47.3. The third kappa shape index (κ3) is 5.52. The summed E-state index contributed by atoms with van der Waals surface area (Å²) in [6, 6.07) is 2.24. The van der Waals surface area contributed by atoms with E-state index in [1.54, 1.807) is 0 Å². The Kier molecular flexibility index (Phi) is 7.71. The molecule has 0 saturated heterocycles. The topological polar surface area (TPSA) is 55.2 Å². The molecule has 2 aliphatic rings. The molecule has 37 heavy (non-hydrogen) atoms. The molecule has 0 aromatic carbocycles. The number of aromatic nitrogens is 2. The molecule has 2 aliphatic carbocycles. The van der Waals surface area contributed by atoms with Crippen LogP contribution in [0.15, 0.2) is 18.3 Å². The van der Waals surface area contributed by atoms with Crippen LogP contribution in [0.3, 0.4) is 0 Å². The van der Waals surface area contributed by atoms with Gasteiger partial charge in [-0.1, -0.05) is 41.0 Å². The highest BCUT2D eigenvalue weighted by molar-refractivity contribution is 14.1. The van der Waals surface area contributed by atoms with Gasteiger partial charge in [-0.3, -0.25) is 9.97 Å². The molecule has 0 aliphatic heterocycles. The van der Waals surface area contributed by atoms with Gasteiger partial charge in [-0.2, -0.15) is 13.2 Å². The number of aliphatic hydroxyl groups excluding tert-OH is 1. The second-order valence-corrected chi connectivity index (χ2v) is 18.5. The molecular formula is C28H38F3IN2O2Si. The first-order chi connectivity index (χ1) is 17.0. The van der Waals surface area contributed by atoms with Crippen molar-refractivity contribution in [3.8, 4) is 0 Å². The number of alkyl halides is 3. The molecule has 1 saturated carbocycles. The number of hydrogen-bond donors (Lipinski definition) is 1. The molecule has 1 unspecified atom stereocenters. The number of pyridine rings is 2. The monoisotopic (exact) mass is 646 g/mol. The van der Waals surface area contributed by atoms with Gasteiger partial charge >= 0.3 is 6.18 Å². The molecule has 2 heterocycles. The Morgan fingerprint density at radius 1 is 1.16 bits per heavy atom. The van der Waals surface area contributed by atoms with Crippen LogP contribution in [0.1, 0.15) is 112 Å². The molecule has 4 nitrogen and oxygen atoms in total. The molecule has 1 N–H and O–H groups in total. The molecule has 1 fully saturated rings. The summed E-state index contributed by atoms with van der Waals surface area (Å²) in [5.74, 6) is 0.0249. The van der Waals surface area contributed by atoms with Gasteiger partial charge < -0.3 is 9.53 Å². The molecule has 204 valence electrons. The van der Waals surface area contributed by atoms with Crippen molar-refractivity contribution < 1.29 is 22.7 Å². The quantitative estimate of drug-likeness (QED) is 0.262. The van der Waals surface area contributed by atoms with Gasteiger partial charge in [0.25, 0.3) is 0 Å². The van der Waals surface area contributed by atoms with Crippen LogP contribution in [0, 0.1) is 8.99 Å². The van der Waals surface area contributed by atoms with Crippen LogP contribution < -0.4 is 0 Å². The van der Waals surface area contributed by atoms with E-state index in [1.165, 1.54) is 25.3 Å². The Labute approximate surface area is 233 Å². The maximum atomic E-state index is 13.1. The number of hydrogen-bond acceptors (Lipinski definition) is 4. The number of fused-ring (bicyclic) bond motifs is 1. The van der Waals surface area contributed by atoms with Gasteiger partial charge in [-0.05, 0) is 89.9 Å². The Bertz CT molecular complexity index is 1160. The van der Waals surface area contributed by atoms with Crippen LogP contribution in [0.2, 0.25) is 18.1 Å². The average Bonchev–Trinajstić information content (AvgIpc) is 2.75. The second-order valence-electron chi connectivity index (χ2n) is 12.7. The lowest BCUT2D eigenvalue weighted by Gasteiger charge is -2.50. The minimum Gasteiger partial charge on any atom is -0.410 e. The van der Waals surface area contributed by atoms with E-state index in [1.807, 2.05) is 13.8 Å². The van der Waals surface area contributed by atoms with Crippen LogP contribution in [-0.2, 0) is 17.0 Å². The van der Waals surface area contributed by atoms with Crippen molar-refractivity contribution in [2.45, 2.75) is 109 Å². The highest BCUT2D eigenvalue weighted by Gasteiger charge is 2.49. The van der Waals surface area contributed by atoms with E-state index in [2.05, 4.69) is 61.4 Å². The van der Waals surface area contributed by atoms with Crippen molar-refractivity contribution in [3.63, 3.8) is 0 Å². The van der Waals surface area contributed by atoms with E-state index in [-0.39, 0.29) is 28.2 Å². The summed E-state index contributed by atoms with van der Waals surface area (Å²) >= 11 is 2.30. The molecule has 2 atom stereocenters. The molecule has 0 radical (unpaired) electrons. The molecule has 2 aromatic heterocycles.